The van der Waals surface area contributed by atoms with E-state index in [1.54, 1.807) is 6.92 Å². The topological polar surface area (TPSA) is 80.4 Å². The monoisotopic (exact) mass is 157 g/mol. The lowest BCUT2D eigenvalue weighted by molar-refractivity contribution is -0.131. The van der Waals surface area contributed by atoms with Crippen molar-refractivity contribution < 1.29 is 14.7 Å². The number of carbonyl (C=O) groups excluding carboxylic acids is 1. The van der Waals surface area contributed by atoms with E-state index in [9.17, 15) is 9.59 Å². The Morgan fingerprint density at radius 1 is 1.55 bits per heavy atom. The maximum absolute atomic E-state index is 9.51. The highest BCUT2D eigenvalue weighted by Gasteiger charge is 1.76. The van der Waals surface area contributed by atoms with Crippen LogP contribution in [0.5, 0.6) is 0 Å². The number of rotatable bonds is 2. The van der Waals surface area contributed by atoms with Gasteiger partial charge < -0.3 is 10.8 Å². The van der Waals surface area contributed by atoms with Gasteiger partial charge in [0.2, 0.25) is 5.91 Å². The summed E-state index contributed by atoms with van der Waals surface area (Å²) in [5.41, 5.74) is 4.53. The van der Waals surface area contributed by atoms with E-state index in [1.165, 1.54) is 6.08 Å². The van der Waals surface area contributed by atoms with Crippen LogP contribution in [0.3, 0.4) is 0 Å². The summed E-state index contributed by atoms with van der Waals surface area (Å²) in [7, 11) is 0. The summed E-state index contributed by atoms with van der Waals surface area (Å²) in [6.07, 6.45) is 3.61. The van der Waals surface area contributed by atoms with Crippen LogP contribution in [-0.4, -0.2) is 17.0 Å². The molecule has 1 amide bonds. The Balaban J connectivity index is 0. The van der Waals surface area contributed by atoms with Gasteiger partial charge in [0.25, 0.3) is 0 Å². The average molecular weight is 157 g/mol. The molecular formula is C7H11NO3. The summed E-state index contributed by atoms with van der Waals surface area (Å²) in [4.78, 5) is 19.0. The van der Waals surface area contributed by atoms with Crippen molar-refractivity contribution in [3.63, 3.8) is 0 Å². The molecular weight excluding hydrogens is 146 g/mol. The molecule has 0 fully saturated rings. The van der Waals surface area contributed by atoms with Gasteiger partial charge in [0, 0.05) is 6.08 Å². The molecule has 11 heavy (non-hydrogen) atoms. The molecule has 4 heteroatoms. The third kappa shape index (κ3) is 29.7. The van der Waals surface area contributed by atoms with Gasteiger partial charge in [0.1, 0.15) is 0 Å². The summed E-state index contributed by atoms with van der Waals surface area (Å²) < 4.78 is 0. The second-order valence-electron chi connectivity index (χ2n) is 1.44. The van der Waals surface area contributed by atoms with Gasteiger partial charge >= 0.3 is 5.97 Å². The zero-order valence-corrected chi connectivity index (χ0v) is 6.28. The van der Waals surface area contributed by atoms with Crippen LogP contribution in [0.25, 0.3) is 0 Å². The minimum atomic E-state index is -0.891. The Hall–Kier alpha value is -1.58. The van der Waals surface area contributed by atoms with Crippen molar-refractivity contribution in [3.05, 3.63) is 24.8 Å². The third-order valence-corrected chi connectivity index (χ3v) is 0.510. The van der Waals surface area contributed by atoms with E-state index in [2.05, 4.69) is 12.3 Å². The van der Waals surface area contributed by atoms with E-state index in [0.29, 0.717) is 0 Å². The van der Waals surface area contributed by atoms with E-state index in [1.807, 2.05) is 0 Å². The highest BCUT2D eigenvalue weighted by atomic mass is 16.4. The molecule has 0 aromatic carbocycles. The summed E-state index contributed by atoms with van der Waals surface area (Å²) in [6.45, 7) is 4.75. The van der Waals surface area contributed by atoms with Crippen LogP contribution in [0.4, 0.5) is 0 Å². The summed E-state index contributed by atoms with van der Waals surface area (Å²) in [6, 6.07) is 0. The number of amides is 1. The number of hydrogen-bond donors (Lipinski definition) is 2. The van der Waals surface area contributed by atoms with Crippen LogP contribution in [-0.2, 0) is 9.59 Å². The van der Waals surface area contributed by atoms with Gasteiger partial charge in [-0.25, -0.2) is 4.79 Å². The molecule has 62 valence electrons. The van der Waals surface area contributed by atoms with Gasteiger partial charge in [-0.1, -0.05) is 12.7 Å². The highest BCUT2D eigenvalue weighted by Crippen LogP contribution is 1.65. The minimum absolute atomic E-state index is 0.481. The van der Waals surface area contributed by atoms with Crippen LogP contribution in [0.15, 0.2) is 24.8 Å². The molecule has 3 N–H and O–H groups in total. The Labute approximate surface area is 65.0 Å². The second kappa shape index (κ2) is 8.42. The van der Waals surface area contributed by atoms with Crippen LogP contribution in [0.2, 0.25) is 0 Å². The van der Waals surface area contributed by atoms with Crippen molar-refractivity contribution in [2.75, 3.05) is 0 Å². The molecule has 0 radical (unpaired) electrons. The van der Waals surface area contributed by atoms with Gasteiger partial charge in [0.15, 0.2) is 0 Å². The van der Waals surface area contributed by atoms with E-state index >= 15 is 0 Å². The van der Waals surface area contributed by atoms with Gasteiger partial charge in [-0.05, 0) is 13.0 Å². The molecule has 4 nitrogen and oxygen atoms in total. The molecule has 0 aliphatic heterocycles. The third-order valence-electron chi connectivity index (χ3n) is 0.510. The van der Waals surface area contributed by atoms with Crippen molar-refractivity contribution >= 4 is 11.9 Å². The van der Waals surface area contributed by atoms with Crippen LogP contribution < -0.4 is 5.73 Å². The van der Waals surface area contributed by atoms with Crippen molar-refractivity contribution in [2.24, 2.45) is 5.73 Å². The molecule has 0 aromatic rings. The van der Waals surface area contributed by atoms with E-state index < -0.39 is 11.9 Å². The van der Waals surface area contributed by atoms with Crippen molar-refractivity contribution in [1.29, 1.82) is 0 Å². The van der Waals surface area contributed by atoms with Crippen LogP contribution in [0, 0.1) is 0 Å². The quantitative estimate of drug-likeness (QED) is 0.566. The maximum Gasteiger partial charge on any atom is 0.327 e. The smallest absolute Gasteiger partial charge is 0.327 e. The number of carboxylic acid groups (broad SMARTS) is 1. The first-order valence-corrected chi connectivity index (χ1v) is 2.82. The number of carbonyl (C=O) groups is 2. The van der Waals surface area contributed by atoms with E-state index in [-0.39, 0.29) is 0 Å². The maximum atomic E-state index is 9.51. The summed E-state index contributed by atoms with van der Waals surface area (Å²) in [5.74, 6) is -1.37. The largest absolute Gasteiger partial charge is 0.478 e. The normalized spacial score (nSPS) is 8.09. The number of primary amides is 1. The molecule has 0 aliphatic rings. The summed E-state index contributed by atoms with van der Waals surface area (Å²) in [5, 5.41) is 7.83. The number of aliphatic carboxylic acids is 1. The number of nitrogens with two attached hydrogens (primary N) is 1. The molecule has 0 spiro atoms. The van der Waals surface area contributed by atoms with Crippen molar-refractivity contribution in [1.82, 2.24) is 0 Å². The molecule has 0 saturated heterocycles. The molecule has 0 rings (SSSR count). The fourth-order valence-corrected chi connectivity index (χ4v) is 0.143. The molecule has 0 aliphatic carbocycles. The molecule has 0 bridgehead atoms. The lowest BCUT2D eigenvalue weighted by atomic mass is 10.5. The van der Waals surface area contributed by atoms with E-state index in [4.69, 9.17) is 5.11 Å². The van der Waals surface area contributed by atoms with E-state index in [0.717, 1.165) is 12.2 Å². The first-order valence-electron chi connectivity index (χ1n) is 2.82. The summed E-state index contributed by atoms with van der Waals surface area (Å²) >= 11 is 0. The second-order valence-corrected chi connectivity index (χ2v) is 1.44. The fourth-order valence-electron chi connectivity index (χ4n) is 0.143. The lowest BCUT2D eigenvalue weighted by Gasteiger charge is -1.68. The highest BCUT2D eigenvalue weighted by molar-refractivity contribution is 5.84. The zero-order chi connectivity index (χ0) is 9.28. The van der Waals surface area contributed by atoms with Crippen LogP contribution >= 0.6 is 0 Å². The SMILES string of the molecule is C=CC(N)=O.CC=CC(=O)O. The molecule has 0 atom stereocenters. The molecule has 0 aromatic heterocycles. The fraction of sp³-hybridized carbons (Fsp3) is 0.143. The van der Waals surface area contributed by atoms with Gasteiger partial charge in [-0.2, -0.15) is 0 Å². The van der Waals surface area contributed by atoms with Crippen molar-refractivity contribution in [2.45, 2.75) is 6.92 Å². The standard InChI is InChI=1S/C4H6O2.C3H5NO/c1-2-3-4(5)6;1-2-3(4)5/h2-3H,1H3,(H,5,6);2H,1H2,(H2,4,5). The Morgan fingerprint density at radius 3 is 1.91 bits per heavy atom. The number of carboxylic acids is 1. The number of allylic oxidation sites excluding steroid dienone is 1. The minimum Gasteiger partial charge on any atom is -0.478 e. The van der Waals surface area contributed by atoms with Crippen LogP contribution in [0.1, 0.15) is 6.92 Å². The van der Waals surface area contributed by atoms with Crippen molar-refractivity contribution in [3.8, 4) is 0 Å². The first kappa shape index (κ1) is 12.1. The molecule has 0 unspecified atom stereocenters. The van der Waals surface area contributed by atoms with Gasteiger partial charge in [-0.3, -0.25) is 4.79 Å². The predicted molar refractivity (Wildman–Crippen MR) is 41.8 cm³/mol. The Bertz CT molecular complexity index is 173. The molecule has 0 heterocycles. The Morgan fingerprint density at radius 2 is 1.91 bits per heavy atom. The zero-order valence-electron chi connectivity index (χ0n) is 6.28. The lowest BCUT2D eigenvalue weighted by Crippen LogP contribution is -2.04. The molecule has 0 saturated carbocycles. The van der Waals surface area contributed by atoms with Gasteiger partial charge in [0.05, 0.1) is 0 Å². The predicted octanol–water partition coefficient (Wildman–Crippen LogP) is 0.305. The first-order chi connectivity index (χ1) is 5.04. The number of hydrogen-bond acceptors (Lipinski definition) is 2. The Kier molecular flexibility index (Phi) is 9.29. The van der Waals surface area contributed by atoms with Gasteiger partial charge in [-0.15, -0.1) is 0 Å². The average Bonchev–Trinajstić information content (AvgIpc) is 1.89.